The lowest BCUT2D eigenvalue weighted by molar-refractivity contribution is 0.264. The van der Waals surface area contributed by atoms with E-state index in [0.717, 1.165) is 37.6 Å². The zero-order valence-corrected chi connectivity index (χ0v) is 10.8. The normalized spacial score (nSPS) is 12.0. The number of rotatable bonds is 8. The van der Waals surface area contributed by atoms with Crippen molar-refractivity contribution in [2.45, 2.75) is 31.7 Å². The van der Waals surface area contributed by atoms with E-state index in [4.69, 9.17) is 31.5 Å². The van der Waals surface area contributed by atoms with E-state index in [1.807, 2.05) is 0 Å². The van der Waals surface area contributed by atoms with Crippen molar-refractivity contribution in [3.05, 3.63) is 0 Å². The fourth-order valence-electron chi connectivity index (χ4n) is 1.07. The Morgan fingerprint density at radius 2 is 1.54 bits per heavy atom. The molecule has 0 fully saturated rings. The second kappa shape index (κ2) is 8.06. The monoisotopic (exact) mass is 244 g/mol. The van der Waals surface area contributed by atoms with Crippen molar-refractivity contribution in [3.8, 4) is 0 Å². The molecular formula is C8H18Cl2O2Si. The number of alkyl halides is 1. The lowest BCUT2D eigenvalue weighted by Crippen LogP contribution is -2.32. The van der Waals surface area contributed by atoms with Crippen LogP contribution >= 0.6 is 22.7 Å². The van der Waals surface area contributed by atoms with Gasteiger partial charge in [0, 0.05) is 26.1 Å². The Labute approximate surface area is 91.5 Å². The summed E-state index contributed by atoms with van der Waals surface area (Å²) in [5.41, 5.74) is 0. The van der Waals surface area contributed by atoms with Gasteiger partial charge in [0.1, 0.15) is 0 Å². The Morgan fingerprint density at radius 3 is 2.00 bits per heavy atom. The Balaban J connectivity index is 3.39. The first-order chi connectivity index (χ1) is 6.18. The van der Waals surface area contributed by atoms with Crippen molar-refractivity contribution in [2.24, 2.45) is 0 Å². The molecule has 0 aromatic carbocycles. The minimum absolute atomic E-state index is 0.748. The number of hydrogen-bond donors (Lipinski definition) is 0. The highest BCUT2D eigenvalue weighted by molar-refractivity contribution is 7.12. The third kappa shape index (κ3) is 6.74. The van der Waals surface area contributed by atoms with Crippen molar-refractivity contribution >= 4 is 30.6 Å². The molecule has 0 aliphatic heterocycles. The van der Waals surface area contributed by atoms with Gasteiger partial charge < -0.3 is 8.85 Å². The van der Waals surface area contributed by atoms with E-state index in [1.54, 1.807) is 14.2 Å². The van der Waals surface area contributed by atoms with Crippen LogP contribution in [0.25, 0.3) is 0 Å². The zero-order valence-electron chi connectivity index (χ0n) is 8.32. The minimum atomic E-state index is -2.32. The number of halogens is 2. The van der Waals surface area contributed by atoms with Crippen molar-refractivity contribution in [2.75, 3.05) is 20.1 Å². The molecule has 0 rings (SSSR count). The molecule has 0 bridgehead atoms. The van der Waals surface area contributed by atoms with Crippen LogP contribution in [0.1, 0.15) is 25.7 Å². The summed E-state index contributed by atoms with van der Waals surface area (Å²) < 4.78 is 10.3. The standard InChI is InChI=1S/C8H18Cl2O2Si/c1-11-13(10,12-2)8-6-4-3-5-7-9/h3-8H2,1-2H3. The molecule has 0 N–H and O–H groups in total. The molecule has 13 heavy (non-hydrogen) atoms. The van der Waals surface area contributed by atoms with Gasteiger partial charge in [-0.25, -0.2) is 0 Å². The maximum Gasteiger partial charge on any atom is 0.442 e. The molecule has 80 valence electrons. The van der Waals surface area contributed by atoms with Crippen molar-refractivity contribution < 1.29 is 8.85 Å². The lowest BCUT2D eigenvalue weighted by atomic mass is 10.2. The molecule has 0 aromatic rings. The summed E-state index contributed by atoms with van der Waals surface area (Å²) in [7, 11) is 0.907. The van der Waals surface area contributed by atoms with Crippen LogP contribution in [0.4, 0.5) is 0 Å². The van der Waals surface area contributed by atoms with Crippen molar-refractivity contribution in [3.63, 3.8) is 0 Å². The Hall–Kier alpha value is 0.717. The van der Waals surface area contributed by atoms with Gasteiger partial charge in [-0.1, -0.05) is 30.3 Å². The van der Waals surface area contributed by atoms with Crippen molar-refractivity contribution in [1.82, 2.24) is 0 Å². The maximum absolute atomic E-state index is 6.09. The lowest BCUT2D eigenvalue weighted by Gasteiger charge is -2.18. The summed E-state index contributed by atoms with van der Waals surface area (Å²) in [6.45, 7) is 0. The molecule has 5 heteroatoms. The molecule has 0 saturated carbocycles. The van der Waals surface area contributed by atoms with Gasteiger partial charge in [-0.15, -0.1) is 11.6 Å². The molecule has 0 amide bonds. The molecule has 0 atom stereocenters. The van der Waals surface area contributed by atoms with E-state index in [1.165, 1.54) is 0 Å². The molecule has 2 nitrogen and oxygen atoms in total. The highest BCUT2D eigenvalue weighted by atomic mass is 35.6. The molecule has 0 unspecified atom stereocenters. The van der Waals surface area contributed by atoms with Crippen LogP contribution in [0.2, 0.25) is 6.04 Å². The summed E-state index contributed by atoms with van der Waals surface area (Å²) in [4.78, 5) is 0. The van der Waals surface area contributed by atoms with Gasteiger partial charge in [0.05, 0.1) is 0 Å². The molecule has 0 radical (unpaired) electrons. The quantitative estimate of drug-likeness (QED) is 0.283. The SMILES string of the molecule is CO[Si](Cl)(CCCCCCCl)OC. The van der Waals surface area contributed by atoms with Crippen LogP contribution in [0.5, 0.6) is 0 Å². The molecule has 0 aliphatic carbocycles. The topological polar surface area (TPSA) is 18.5 Å². The minimum Gasteiger partial charge on any atom is -0.386 e. The number of unbranched alkanes of at least 4 members (excludes halogenated alkanes) is 3. The van der Waals surface area contributed by atoms with Gasteiger partial charge in [-0.2, -0.15) is 0 Å². The van der Waals surface area contributed by atoms with Crippen molar-refractivity contribution in [1.29, 1.82) is 0 Å². The Morgan fingerprint density at radius 1 is 1.00 bits per heavy atom. The predicted octanol–water partition coefficient (Wildman–Crippen LogP) is 3.26. The summed E-state index contributed by atoms with van der Waals surface area (Å²) in [6, 6.07) is 0.851. The molecule has 0 aliphatic rings. The van der Waals surface area contributed by atoms with E-state index < -0.39 is 7.87 Å². The van der Waals surface area contributed by atoms with E-state index in [-0.39, 0.29) is 0 Å². The first kappa shape index (κ1) is 13.7. The van der Waals surface area contributed by atoms with Crippen LogP contribution in [0.3, 0.4) is 0 Å². The fourth-order valence-corrected chi connectivity index (χ4v) is 2.91. The zero-order chi connectivity index (χ0) is 10.2. The third-order valence-corrected chi connectivity index (χ3v) is 5.90. The van der Waals surface area contributed by atoms with Crippen LogP contribution in [-0.4, -0.2) is 28.0 Å². The van der Waals surface area contributed by atoms with Crippen LogP contribution in [-0.2, 0) is 8.85 Å². The van der Waals surface area contributed by atoms with E-state index in [9.17, 15) is 0 Å². The average Bonchev–Trinajstić information content (AvgIpc) is 2.17. The second-order valence-electron chi connectivity index (χ2n) is 2.92. The summed E-state index contributed by atoms with van der Waals surface area (Å²) >= 11 is 11.6. The summed E-state index contributed by atoms with van der Waals surface area (Å²) in [5, 5.41) is 0. The van der Waals surface area contributed by atoms with Gasteiger partial charge in [-0.05, 0) is 6.42 Å². The molecule has 0 aromatic heterocycles. The van der Waals surface area contributed by atoms with Gasteiger partial charge in [0.15, 0.2) is 0 Å². The first-order valence-electron chi connectivity index (χ1n) is 4.53. The highest BCUT2D eigenvalue weighted by Crippen LogP contribution is 2.20. The van der Waals surface area contributed by atoms with Crippen LogP contribution in [0, 0.1) is 0 Å². The average molecular weight is 245 g/mol. The first-order valence-corrected chi connectivity index (χ1v) is 8.10. The van der Waals surface area contributed by atoms with E-state index in [0.29, 0.717) is 0 Å². The van der Waals surface area contributed by atoms with Gasteiger partial charge >= 0.3 is 7.87 Å². The summed E-state index contributed by atoms with van der Waals surface area (Å²) in [6.07, 6.45) is 4.46. The predicted molar refractivity (Wildman–Crippen MR) is 59.6 cm³/mol. The Bertz CT molecular complexity index is 121. The summed E-state index contributed by atoms with van der Waals surface area (Å²) in [5.74, 6) is 0.748. The Kier molecular flexibility index (Phi) is 8.51. The largest absolute Gasteiger partial charge is 0.442 e. The highest BCUT2D eigenvalue weighted by Gasteiger charge is 2.32. The van der Waals surface area contributed by atoms with Gasteiger partial charge in [0.25, 0.3) is 0 Å². The van der Waals surface area contributed by atoms with E-state index >= 15 is 0 Å². The fraction of sp³-hybridized carbons (Fsp3) is 1.00. The smallest absolute Gasteiger partial charge is 0.386 e. The van der Waals surface area contributed by atoms with Crippen LogP contribution in [0.15, 0.2) is 0 Å². The third-order valence-electron chi connectivity index (χ3n) is 1.97. The maximum atomic E-state index is 6.09. The molecule has 0 saturated heterocycles. The van der Waals surface area contributed by atoms with E-state index in [2.05, 4.69) is 0 Å². The molecule has 0 spiro atoms. The number of hydrogen-bond acceptors (Lipinski definition) is 2. The van der Waals surface area contributed by atoms with Gasteiger partial charge in [0.2, 0.25) is 0 Å². The van der Waals surface area contributed by atoms with Crippen LogP contribution < -0.4 is 0 Å². The molecular weight excluding hydrogens is 227 g/mol. The van der Waals surface area contributed by atoms with Gasteiger partial charge in [-0.3, -0.25) is 0 Å². The molecule has 0 heterocycles. The second-order valence-corrected chi connectivity index (χ2v) is 7.66.